The van der Waals surface area contributed by atoms with Crippen LogP contribution in [-0.2, 0) is 16.1 Å². The monoisotopic (exact) mass is 423 g/mol. The molecule has 2 amide bonds. The van der Waals surface area contributed by atoms with Gasteiger partial charge in [-0.3, -0.25) is 19.0 Å². The normalized spacial score (nSPS) is 14.0. The highest BCUT2D eigenvalue weighted by Gasteiger charge is 2.23. The smallest absolute Gasteiger partial charge is 0.261 e. The van der Waals surface area contributed by atoms with E-state index in [1.54, 1.807) is 47.4 Å². The van der Waals surface area contributed by atoms with Gasteiger partial charge in [0.05, 0.1) is 29.5 Å². The second-order valence-electron chi connectivity index (χ2n) is 7.29. The molecule has 1 aliphatic rings. The molecule has 0 bridgehead atoms. The summed E-state index contributed by atoms with van der Waals surface area (Å²) in [5.74, 6) is -0.948. The Balaban J connectivity index is 1.28. The molecule has 1 saturated heterocycles. The number of hydrogen-bond acceptors (Lipinski definition) is 5. The summed E-state index contributed by atoms with van der Waals surface area (Å²) in [5, 5.41) is 3.00. The molecule has 8 nitrogen and oxygen atoms in total. The van der Waals surface area contributed by atoms with Crippen molar-refractivity contribution in [3.05, 3.63) is 71.0 Å². The minimum atomic E-state index is -0.447. The summed E-state index contributed by atoms with van der Waals surface area (Å²) >= 11 is 0. The molecule has 3 aromatic rings. The van der Waals surface area contributed by atoms with Crippen LogP contribution in [0, 0.1) is 5.82 Å². The van der Waals surface area contributed by atoms with Crippen LogP contribution in [-0.4, -0.2) is 59.0 Å². The van der Waals surface area contributed by atoms with Crippen LogP contribution < -0.4 is 15.8 Å². The van der Waals surface area contributed by atoms with E-state index in [1.165, 1.54) is 17.0 Å². The summed E-state index contributed by atoms with van der Waals surface area (Å²) in [5.41, 5.74) is 0.780. The molecule has 0 spiro atoms. The van der Waals surface area contributed by atoms with Crippen molar-refractivity contribution < 1.29 is 14.0 Å². The van der Waals surface area contributed by atoms with Crippen molar-refractivity contribution in [2.75, 3.05) is 37.6 Å². The van der Waals surface area contributed by atoms with E-state index in [1.807, 2.05) is 4.90 Å². The van der Waals surface area contributed by atoms with E-state index >= 15 is 0 Å². The first-order chi connectivity index (χ1) is 15.0. The van der Waals surface area contributed by atoms with E-state index in [0.29, 0.717) is 42.8 Å². The lowest BCUT2D eigenvalue weighted by atomic mass is 10.2. The molecule has 2 aromatic carbocycles. The van der Waals surface area contributed by atoms with Crippen molar-refractivity contribution in [2.45, 2.75) is 6.54 Å². The number of nitrogens with one attached hydrogen (secondary N) is 1. The Hall–Kier alpha value is -3.75. The second-order valence-corrected chi connectivity index (χ2v) is 7.29. The van der Waals surface area contributed by atoms with Gasteiger partial charge >= 0.3 is 0 Å². The molecule has 31 heavy (non-hydrogen) atoms. The van der Waals surface area contributed by atoms with Gasteiger partial charge in [0, 0.05) is 26.2 Å². The number of aromatic nitrogens is 2. The third-order valence-corrected chi connectivity index (χ3v) is 5.31. The highest BCUT2D eigenvalue weighted by molar-refractivity contribution is 5.85. The maximum Gasteiger partial charge on any atom is 0.261 e. The fourth-order valence-electron chi connectivity index (χ4n) is 3.62. The lowest BCUT2D eigenvalue weighted by Gasteiger charge is -2.36. The number of anilines is 1. The SMILES string of the molecule is O=C(Cn1cnc2ccccc2c1=O)NCC(=O)N1CCN(c2ccccc2F)CC1. The Morgan fingerprint density at radius 2 is 1.71 bits per heavy atom. The van der Waals surface area contributed by atoms with Gasteiger partial charge in [-0.2, -0.15) is 0 Å². The largest absolute Gasteiger partial charge is 0.366 e. The van der Waals surface area contributed by atoms with Gasteiger partial charge in [0.1, 0.15) is 12.4 Å². The first-order valence-corrected chi connectivity index (χ1v) is 10.0. The van der Waals surface area contributed by atoms with Crippen molar-refractivity contribution in [2.24, 2.45) is 0 Å². The maximum atomic E-state index is 13.9. The highest BCUT2D eigenvalue weighted by atomic mass is 19.1. The predicted molar refractivity (Wildman–Crippen MR) is 114 cm³/mol. The number of benzene rings is 2. The van der Waals surface area contributed by atoms with E-state index < -0.39 is 5.91 Å². The predicted octanol–water partition coefficient (Wildman–Crippen LogP) is 1.00. The van der Waals surface area contributed by atoms with E-state index in [0.717, 1.165) is 0 Å². The molecule has 9 heteroatoms. The highest BCUT2D eigenvalue weighted by Crippen LogP contribution is 2.20. The van der Waals surface area contributed by atoms with Gasteiger partial charge in [0.2, 0.25) is 11.8 Å². The van der Waals surface area contributed by atoms with Crippen molar-refractivity contribution in [3.8, 4) is 0 Å². The summed E-state index contributed by atoms with van der Waals surface area (Å²) in [6, 6.07) is 13.5. The van der Waals surface area contributed by atoms with Crippen LogP contribution in [0.5, 0.6) is 0 Å². The van der Waals surface area contributed by atoms with Crippen LogP contribution in [0.4, 0.5) is 10.1 Å². The molecule has 1 fully saturated rings. The number of rotatable bonds is 5. The molecule has 0 atom stereocenters. The zero-order chi connectivity index (χ0) is 21.8. The van der Waals surface area contributed by atoms with Crippen LogP contribution in [0.15, 0.2) is 59.7 Å². The van der Waals surface area contributed by atoms with E-state index in [4.69, 9.17) is 0 Å². The Bertz CT molecular complexity index is 1170. The molecule has 4 rings (SSSR count). The quantitative estimate of drug-likeness (QED) is 0.662. The Labute approximate surface area is 177 Å². The number of fused-ring (bicyclic) bond motifs is 1. The number of hydrogen-bond donors (Lipinski definition) is 1. The van der Waals surface area contributed by atoms with Crippen molar-refractivity contribution in [3.63, 3.8) is 0 Å². The average Bonchev–Trinajstić information content (AvgIpc) is 2.80. The lowest BCUT2D eigenvalue weighted by Crippen LogP contribution is -2.51. The molecular formula is C22H22FN5O3. The fraction of sp³-hybridized carbons (Fsp3) is 0.273. The molecule has 160 valence electrons. The van der Waals surface area contributed by atoms with Crippen LogP contribution in [0.1, 0.15) is 0 Å². The third-order valence-electron chi connectivity index (χ3n) is 5.31. The minimum absolute atomic E-state index is 0.158. The molecule has 1 aromatic heterocycles. The third kappa shape index (κ3) is 4.55. The van der Waals surface area contributed by atoms with Crippen LogP contribution in [0.3, 0.4) is 0 Å². The second kappa shape index (κ2) is 8.95. The Morgan fingerprint density at radius 3 is 2.48 bits per heavy atom. The zero-order valence-electron chi connectivity index (χ0n) is 16.8. The first-order valence-electron chi connectivity index (χ1n) is 10.0. The van der Waals surface area contributed by atoms with Crippen molar-refractivity contribution in [1.82, 2.24) is 19.8 Å². The van der Waals surface area contributed by atoms with Gasteiger partial charge in [-0.1, -0.05) is 24.3 Å². The zero-order valence-corrected chi connectivity index (χ0v) is 16.8. The standard InChI is InChI=1S/C22H22FN5O3/c23-17-6-2-4-8-19(17)26-9-11-27(12-10-26)21(30)13-24-20(29)14-28-15-25-18-7-3-1-5-16(18)22(28)31/h1-8,15H,9-14H2,(H,24,29). The van der Waals surface area contributed by atoms with Crippen molar-refractivity contribution >= 4 is 28.4 Å². The summed E-state index contributed by atoms with van der Waals surface area (Å²) in [6.07, 6.45) is 1.33. The van der Waals surface area contributed by atoms with Crippen LogP contribution in [0.25, 0.3) is 10.9 Å². The number of amides is 2. The Morgan fingerprint density at radius 1 is 1.00 bits per heavy atom. The van der Waals surface area contributed by atoms with Crippen LogP contribution >= 0.6 is 0 Å². The van der Waals surface area contributed by atoms with Gasteiger partial charge in [0.15, 0.2) is 0 Å². The van der Waals surface area contributed by atoms with E-state index in [-0.39, 0.29) is 30.4 Å². The molecule has 1 aliphatic heterocycles. The number of piperazine rings is 1. The Kier molecular flexibility index (Phi) is 5.92. The van der Waals surface area contributed by atoms with Gasteiger partial charge in [-0.05, 0) is 24.3 Å². The van der Waals surface area contributed by atoms with Gasteiger partial charge in [-0.25, -0.2) is 9.37 Å². The molecular weight excluding hydrogens is 401 g/mol. The molecule has 2 heterocycles. The summed E-state index contributed by atoms with van der Waals surface area (Å²) in [7, 11) is 0. The van der Waals surface area contributed by atoms with E-state index in [9.17, 15) is 18.8 Å². The number of carbonyl (C=O) groups excluding carboxylic acids is 2. The van der Waals surface area contributed by atoms with Crippen LogP contribution in [0.2, 0.25) is 0 Å². The lowest BCUT2D eigenvalue weighted by molar-refractivity contribution is -0.133. The minimum Gasteiger partial charge on any atom is -0.366 e. The summed E-state index contributed by atoms with van der Waals surface area (Å²) in [4.78, 5) is 44.9. The summed E-state index contributed by atoms with van der Waals surface area (Å²) < 4.78 is 15.2. The molecule has 0 radical (unpaired) electrons. The van der Waals surface area contributed by atoms with E-state index in [2.05, 4.69) is 10.3 Å². The molecule has 0 saturated carbocycles. The molecule has 0 unspecified atom stereocenters. The maximum absolute atomic E-state index is 13.9. The van der Waals surface area contributed by atoms with Gasteiger partial charge < -0.3 is 15.1 Å². The topological polar surface area (TPSA) is 87.5 Å². The number of para-hydroxylation sites is 2. The molecule has 1 N–H and O–H groups in total. The molecule has 0 aliphatic carbocycles. The number of halogens is 1. The van der Waals surface area contributed by atoms with Crippen molar-refractivity contribution in [1.29, 1.82) is 0 Å². The van der Waals surface area contributed by atoms with Gasteiger partial charge in [-0.15, -0.1) is 0 Å². The average molecular weight is 423 g/mol. The fourth-order valence-corrected chi connectivity index (χ4v) is 3.62. The number of nitrogens with zero attached hydrogens (tertiary/aromatic N) is 4. The first kappa shape index (κ1) is 20.5. The summed E-state index contributed by atoms with van der Waals surface area (Å²) in [6.45, 7) is 1.53. The van der Waals surface area contributed by atoms with Gasteiger partial charge in [0.25, 0.3) is 5.56 Å². The number of carbonyl (C=O) groups is 2.